The molecule has 0 fully saturated rings. The highest BCUT2D eigenvalue weighted by Crippen LogP contribution is 2.28. The fourth-order valence-corrected chi connectivity index (χ4v) is 2.94. The molecular weight excluding hydrogens is 314 g/mol. The van der Waals surface area contributed by atoms with Crippen LogP contribution < -0.4 is 4.74 Å². The molecule has 0 atom stereocenters. The maximum absolute atomic E-state index is 5.85. The summed E-state index contributed by atoms with van der Waals surface area (Å²) in [6, 6.07) is 23.8. The lowest BCUT2D eigenvalue weighted by Gasteiger charge is -2.07. The van der Waals surface area contributed by atoms with Gasteiger partial charge in [-0.05, 0) is 48.5 Å². The van der Waals surface area contributed by atoms with Gasteiger partial charge in [0.25, 0.3) is 0 Å². The molecule has 2 aromatic carbocycles. The van der Waals surface area contributed by atoms with Crippen molar-refractivity contribution in [2.75, 3.05) is 0 Å². The number of rotatable bonds is 5. The summed E-state index contributed by atoms with van der Waals surface area (Å²) < 4.78 is 5.72. The monoisotopic (exact) mass is 327 g/mol. The molecule has 0 aliphatic carbocycles. The van der Waals surface area contributed by atoms with Crippen LogP contribution in [0.4, 0.5) is 0 Å². The van der Waals surface area contributed by atoms with Crippen LogP contribution in [0.5, 0.6) is 5.75 Å². The molecule has 3 aromatic rings. The molecule has 0 aliphatic rings. The lowest BCUT2D eigenvalue weighted by Crippen LogP contribution is -1.97. The zero-order chi connectivity index (χ0) is 15.2. The number of ether oxygens (including phenoxy) is 1. The zero-order valence-electron chi connectivity index (χ0n) is 11.8. The fraction of sp³-hybridized carbons (Fsp3) is 0.0556. The number of benzene rings is 2. The smallest absolute Gasteiger partial charge is 0.130 e. The van der Waals surface area contributed by atoms with E-state index in [0.717, 1.165) is 11.4 Å². The van der Waals surface area contributed by atoms with Gasteiger partial charge in [-0.1, -0.05) is 47.6 Å². The van der Waals surface area contributed by atoms with E-state index in [0.29, 0.717) is 11.8 Å². The van der Waals surface area contributed by atoms with Gasteiger partial charge in [-0.2, -0.15) is 0 Å². The summed E-state index contributed by atoms with van der Waals surface area (Å²) in [7, 11) is 0. The van der Waals surface area contributed by atoms with Crippen molar-refractivity contribution in [2.45, 2.75) is 16.4 Å². The van der Waals surface area contributed by atoms with Crippen LogP contribution in [0.15, 0.2) is 82.6 Å². The molecule has 0 unspecified atom stereocenters. The highest BCUT2D eigenvalue weighted by Gasteiger charge is 2.00. The second-order valence-electron chi connectivity index (χ2n) is 4.63. The largest absolute Gasteiger partial charge is 0.487 e. The Hall–Kier alpha value is -1.97. The molecule has 0 amide bonds. The summed E-state index contributed by atoms with van der Waals surface area (Å²) in [5.41, 5.74) is 0.815. The van der Waals surface area contributed by atoms with Crippen LogP contribution in [0.2, 0.25) is 5.15 Å². The van der Waals surface area contributed by atoms with Crippen LogP contribution in [0, 0.1) is 0 Å². The lowest BCUT2D eigenvalue weighted by molar-refractivity contribution is 0.301. The second kappa shape index (κ2) is 7.34. The van der Waals surface area contributed by atoms with Crippen molar-refractivity contribution >= 4 is 23.4 Å². The predicted molar refractivity (Wildman–Crippen MR) is 90.6 cm³/mol. The van der Waals surface area contributed by atoms with Crippen molar-refractivity contribution in [3.8, 4) is 5.75 Å². The average molecular weight is 328 g/mol. The third-order valence-corrected chi connectivity index (χ3v) is 4.19. The van der Waals surface area contributed by atoms with E-state index in [1.54, 1.807) is 17.8 Å². The first-order valence-corrected chi connectivity index (χ1v) is 8.06. The van der Waals surface area contributed by atoms with Crippen LogP contribution in [0.1, 0.15) is 5.69 Å². The minimum atomic E-state index is 0.408. The third kappa shape index (κ3) is 4.26. The van der Waals surface area contributed by atoms with E-state index in [9.17, 15) is 0 Å². The summed E-state index contributed by atoms with van der Waals surface area (Å²) >= 11 is 7.58. The molecule has 0 N–H and O–H groups in total. The Labute approximate surface area is 139 Å². The van der Waals surface area contributed by atoms with Crippen molar-refractivity contribution < 1.29 is 4.74 Å². The first-order chi connectivity index (χ1) is 10.8. The van der Waals surface area contributed by atoms with E-state index in [-0.39, 0.29) is 0 Å². The molecule has 1 heterocycles. The summed E-state index contributed by atoms with van der Waals surface area (Å²) in [6.45, 7) is 0.408. The van der Waals surface area contributed by atoms with Gasteiger partial charge in [-0.3, -0.25) is 0 Å². The molecule has 0 spiro atoms. The zero-order valence-corrected chi connectivity index (χ0v) is 13.3. The normalized spacial score (nSPS) is 10.4. The van der Waals surface area contributed by atoms with Crippen molar-refractivity contribution in [3.63, 3.8) is 0 Å². The number of hydrogen-bond donors (Lipinski definition) is 0. The summed E-state index contributed by atoms with van der Waals surface area (Å²) in [5, 5.41) is 0.482. The van der Waals surface area contributed by atoms with Crippen molar-refractivity contribution in [3.05, 3.63) is 83.6 Å². The Kier molecular flexibility index (Phi) is 4.99. The fourth-order valence-electron chi connectivity index (χ4n) is 1.92. The van der Waals surface area contributed by atoms with Gasteiger partial charge in [0, 0.05) is 9.79 Å². The van der Waals surface area contributed by atoms with E-state index in [2.05, 4.69) is 29.2 Å². The Balaban J connectivity index is 1.60. The summed E-state index contributed by atoms with van der Waals surface area (Å²) in [4.78, 5) is 6.60. The van der Waals surface area contributed by atoms with Crippen LogP contribution in [-0.2, 0) is 6.61 Å². The maximum atomic E-state index is 5.85. The maximum Gasteiger partial charge on any atom is 0.130 e. The second-order valence-corrected chi connectivity index (χ2v) is 6.16. The highest BCUT2D eigenvalue weighted by atomic mass is 35.5. The van der Waals surface area contributed by atoms with Gasteiger partial charge >= 0.3 is 0 Å². The van der Waals surface area contributed by atoms with Crippen LogP contribution in [-0.4, -0.2) is 4.98 Å². The Morgan fingerprint density at radius 3 is 2.27 bits per heavy atom. The first-order valence-electron chi connectivity index (χ1n) is 6.87. The number of aromatic nitrogens is 1. The first kappa shape index (κ1) is 14.9. The molecule has 0 aliphatic heterocycles. The van der Waals surface area contributed by atoms with E-state index >= 15 is 0 Å². The summed E-state index contributed by atoms with van der Waals surface area (Å²) in [5.74, 6) is 0.819. The number of hydrogen-bond acceptors (Lipinski definition) is 3. The van der Waals surface area contributed by atoms with E-state index in [4.69, 9.17) is 16.3 Å². The van der Waals surface area contributed by atoms with Gasteiger partial charge in [0.2, 0.25) is 0 Å². The van der Waals surface area contributed by atoms with Gasteiger partial charge in [-0.25, -0.2) is 4.98 Å². The molecule has 3 rings (SSSR count). The van der Waals surface area contributed by atoms with Crippen molar-refractivity contribution in [1.82, 2.24) is 4.98 Å². The van der Waals surface area contributed by atoms with Gasteiger partial charge < -0.3 is 4.74 Å². The Bertz CT molecular complexity index is 732. The topological polar surface area (TPSA) is 22.1 Å². The SMILES string of the molecule is Clc1cccc(COc2ccc(Sc3ccccc3)cc2)n1. The van der Waals surface area contributed by atoms with Crippen LogP contribution in [0.3, 0.4) is 0 Å². The molecule has 0 radical (unpaired) electrons. The van der Waals surface area contributed by atoms with E-state index < -0.39 is 0 Å². The molecule has 2 nitrogen and oxygen atoms in total. The lowest BCUT2D eigenvalue weighted by atomic mass is 10.3. The van der Waals surface area contributed by atoms with Gasteiger partial charge in [-0.15, -0.1) is 0 Å². The van der Waals surface area contributed by atoms with Gasteiger partial charge in [0.15, 0.2) is 0 Å². The standard InChI is InChI=1S/C18H14ClNOS/c19-18-8-4-5-14(20-18)13-21-15-9-11-17(12-10-15)22-16-6-2-1-3-7-16/h1-12H,13H2. The van der Waals surface area contributed by atoms with Crippen molar-refractivity contribution in [2.24, 2.45) is 0 Å². The molecule has 1 aromatic heterocycles. The van der Waals surface area contributed by atoms with Gasteiger partial charge in [0.1, 0.15) is 17.5 Å². The number of halogens is 1. The number of nitrogens with zero attached hydrogens (tertiary/aromatic N) is 1. The Morgan fingerprint density at radius 1 is 0.818 bits per heavy atom. The minimum Gasteiger partial charge on any atom is -0.487 e. The molecular formula is C18H14ClNOS. The van der Waals surface area contributed by atoms with Crippen LogP contribution >= 0.6 is 23.4 Å². The summed E-state index contributed by atoms with van der Waals surface area (Å²) in [6.07, 6.45) is 0. The van der Waals surface area contributed by atoms with Crippen molar-refractivity contribution in [1.29, 1.82) is 0 Å². The van der Waals surface area contributed by atoms with Gasteiger partial charge in [0.05, 0.1) is 5.69 Å². The highest BCUT2D eigenvalue weighted by molar-refractivity contribution is 7.99. The Morgan fingerprint density at radius 2 is 1.55 bits per heavy atom. The predicted octanol–water partition coefficient (Wildman–Crippen LogP) is 5.47. The minimum absolute atomic E-state index is 0.408. The molecule has 0 saturated heterocycles. The molecule has 0 bridgehead atoms. The quantitative estimate of drug-likeness (QED) is 0.580. The third-order valence-electron chi connectivity index (χ3n) is 2.96. The average Bonchev–Trinajstić information content (AvgIpc) is 2.55. The number of pyridine rings is 1. The molecule has 110 valence electrons. The van der Waals surface area contributed by atoms with Crippen LogP contribution in [0.25, 0.3) is 0 Å². The molecule has 22 heavy (non-hydrogen) atoms. The molecule has 0 saturated carbocycles. The van der Waals surface area contributed by atoms with E-state index in [1.807, 2.05) is 42.5 Å². The van der Waals surface area contributed by atoms with E-state index in [1.165, 1.54) is 9.79 Å². The molecule has 4 heteroatoms.